The minimum Gasteiger partial charge on any atom is -0.465 e. The number of hydrogen-bond donors (Lipinski definition) is 2. The van der Waals surface area contributed by atoms with Crippen LogP contribution in [0.15, 0.2) is 36.5 Å². The summed E-state index contributed by atoms with van der Waals surface area (Å²) in [6, 6.07) is 8.52. The lowest BCUT2D eigenvalue weighted by Gasteiger charge is -2.34. The van der Waals surface area contributed by atoms with Crippen molar-refractivity contribution in [2.24, 2.45) is 0 Å². The molecule has 1 fully saturated rings. The van der Waals surface area contributed by atoms with Gasteiger partial charge in [-0.2, -0.15) is 0 Å². The van der Waals surface area contributed by atoms with Gasteiger partial charge in [0.05, 0.1) is 18.2 Å². The molecule has 1 aromatic heterocycles. The molecule has 1 saturated heterocycles. The fourth-order valence-corrected chi connectivity index (χ4v) is 4.13. The number of esters is 1. The van der Waals surface area contributed by atoms with Crippen LogP contribution < -0.4 is 15.4 Å². The van der Waals surface area contributed by atoms with Crippen LogP contribution in [0, 0.1) is 0 Å². The molecule has 0 aliphatic carbocycles. The fraction of sp³-hybridized carbons (Fsp3) is 0.440. The van der Waals surface area contributed by atoms with Gasteiger partial charge < -0.3 is 25.0 Å². The second-order valence-electron chi connectivity index (χ2n) is 8.37. The van der Waals surface area contributed by atoms with Crippen LogP contribution in [0.4, 0.5) is 10.5 Å². The Bertz CT molecular complexity index is 1090. The highest BCUT2D eigenvalue weighted by molar-refractivity contribution is 6.35. The Morgan fingerprint density at radius 1 is 1.11 bits per heavy atom. The number of benzene rings is 1. The molecular weight excluding hydrogens is 521 g/mol. The number of pyridine rings is 1. The Morgan fingerprint density at radius 2 is 1.86 bits per heavy atom. The summed E-state index contributed by atoms with van der Waals surface area (Å²) in [4.78, 5) is 44.8. The van der Waals surface area contributed by atoms with Crippen LogP contribution in [-0.2, 0) is 20.9 Å². The van der Waals surface area contributed by atoms with E-state index in [1.165, 1.54) is 12.3 Å². The molecular formula is C25H31Cl2N5O5. The molecule has 2 N–H and O–H groups in total. The third kappa shape index (κ3) is 8.77. The number of ether oxygens (including phenoxy) is 2. The van der Waals surface area contributed by atoms with Crippen molar-refractivity contribution in [1.82, 2.24) is 20.1 Å². The van der Waals surface area contributed by atoms with Gasteiger partial charge in [-0.3, -0.25) is 14.5 Å². The van der Waals surface area contributed by atoms with Gasteiger partial charge in [-0.05, 0) is 37.1 Å². The third-order valence-corrected chi connectivity index (χ3v) is 6.13. The first kappa shape index (κ1) is 28.5. The average Bonchev–Trinajstić information content (AvgIpc) is 2.87. The van der Waals surface area contributed by atoms with Gasteiger partial charge in [-0.15, -0.1) is 0 Å². The van der Waals surface area contributed by atoms with Crippen LogP contribution in [0.3, 0.4) is 0 Å². The highest BCUT2D eigenvalue weighted by Gasteiger charge is 2.23. The van der Waals surface area contributed by atoms with E-state index in [9.17, 15) is 14.4 Å². The summed E-state index contributed by atoms with van der Waals surface area (Å²) in [6.45, 7) is 6.62. The second kappa shape index (κ2) is 14.0. The Morgan fingerprint density at radius 3 is 2.54 bits per heavy atom. The lowest BCUT2D eigenvalue weighted by molar-refractivity contribution is -0.144. The predicted octanol–water partition coefficient (Wildman–Crippen LogP) is 3.57. The van der Waals surface area contributed by atoms with Crippen LogP contribution >= 0.6 is 23.2 Å². The zero-order chi connectivity index (χ0) is 26.8. The van der Waals surface area contributed by atoms with Gasteiger partial charge in [-0.25, -0.2) is 9.78 Å². The summed E-state index contributed by atoms with van der Waals surface area (Å²) in [5, 5.41) is 6.34. The summed E-state index contributed by atoms with van der Waals surface area (Å²) in [5.41, 5.74) is 1.43. The lowest BCUT2D eigenvalue weighted by atomic mass is 10.2. The van der Waals surface area contributed by atoms with Crippen LogP contribution in [0.2, 0.25) is 10.0 Å². The maximum Gasteiger partial charge on any atom is 0.321 e. The molecule has 2 heterocycles. The van der Waals surface area contributed by atoms with Gasteiger partial charge in [0, 0.05) is 44.6 Å². The molecule has 0 saturated carbocycles. The zero-order valence-electron chi connectivity index (χ0n) is 20.8. The van der Waals surface area contributed by atoms with Crippen molar-refractivity contribution < 1.29 is 23.9 Å². The summed E-state index contributed by atoms with van der Waals surface area (Å²) in [6.07, 6.45) is 1.03. The molecule has 1 aliphatic rings. The Balaban J connectivity index is 1.48. The van der Waals surface area contributed by atoms with Gasteiger partial charge in [0.15, 0.2) is 6.10 Å². The normalized spacial score (nSPS) is 14.5. The van der Waals surface area contributed by atoms with E-state index in [4.69, 9.17) is 32.7 Å². The number of amides is 3. The van der Waals surface area contributed by atoms with Crippen LogP contribution in [0.25, 0.3) is 0 Å². The molecule has 37 heavy (non-hydrogen) atoms. The highest BCUT2D eigenvalue weighted by Crippen LogP contribution is 2.26. The molecule has 0 radical (unpaired) electrons. The molecule has 3 rings (SSSR count). The third-order valence-electron chi connectivity index (χ3n) is 5.65. The number of carbonyl (C=O) groups excluding carboxylic acids is 3. The molecule has 0 unspecified atom stereocenters. The minimum atomic E-state index is -0.781. The minimum absolute atomic E-state index is 0.138. The van der Waals surface area contributed by atoms with Crippen molar-refractivity contribution in [3.63, 3.8) is 0 Å². The first-order valence-corrected chi connectivity index (χ1v) is 12.8. The van der Waals surface area contributed by atoms with Crippen molar-refractivity contribution in [3.8, 4) is 5.88 Å². The van der Waals surface area contributed by atoms with Gasteiger partial charge in [0.1, 0.15) is 5.02 Å². The van der Waals surface area contributed by atoms with Gasteiger partial charge in [0.25, 0.3) is 5.91 Å². The maximum absolute atomic E-state index is 12.7. The molecule has 0 spiro atoms. The quantitative estimate of drug-likeness (QED) is 0.434. The van der Waals surface area contributed by atoms with E-state index in [1.807, 2.05) is 17.9 Å². The topological polar surface area (TPSA) is 113 Å². The number of hydrogen-bond acceptors (Lipinski definition) is 7. The fourth-order valence-electron chi connectivity index (χ4n) is 3.71. The number of urea groups is 1. The number of rotatable bonds is 10. The Kier molecular flexibility index (Phi) is 10.8. The maximum atomic E-state index is 12.7. The molecule has 10 nitrogen and oxygen atoms in total. The van der Waals surface area contributed by atoms with Crippen molar-refractivity contribution in [1.29, 1.82) is 0 Å². The first-order chi connectivity index (χ1) is 17.8. The monoisotopic (exact) mass is 551 g/mol. The van der Waals surface area contributed by atoms with E-state index in [2.05, 4.69) is 15.6 Å². The number of anilines is 1. The van der Waals surface area contributed by atoms with Gasteiger partial charge >= 0.3 is 12.0 Å². The van der Waals surface area contributed by atoms with Crippen molar-refractivity contribution in [3.05, 3.63) is 52.1 Å². The molecule has 12 heteroatoms. The number of nitrogens with zero attached hydrogens (tertiary/aromatic N) is 3. The number of carbonyl (C=O) groups is 3. The summed E-state index contributed by atoms with van der Waals surface area (Å²) >= 11 is 12.0. The van der Waals surface area contributed by atoms with Gasteiger partial charge in [0.2, 0.25) is 5.88 Å². The standard InChI is InChI=1S/C25H31Cl2N5O5/c1-3-21(37-24-20(27)13-18(26)15-29-24)23(34)28-14-17-6-5-7-19(12-17)30-25(35)32-10-8-31(9-11-32)16-22(33)36-4-2/h5-7,12-13,15,21H,3-4,8-11,14,16H2,1-2H3,(H,28,34)(H,30,35)/t21-/m1/s1. The zero-order valence-corrected chi connectivity index (χ0v) is 22.3. The molecule has 200 valence electrons. The van der Waals surface area contributed by atoms with Crippen LogP contribution in [0.5, 0.6) is 5.88 Å². The van der Waals surface area contributed by atoms with E-state index in [-0.39, 0.29) is 41.9 Å². The van der Waals surface area contributed by atoms with E-state index in [1.54, 1.807) is 30.0 Å². The van der Waals surface area contributed by atoms with Crippen molar-refractivity contribution >= 4 is 46.8 Å². The van der Waals surface area contributed by atoms with Crippen molar-refractivity contribution in [2.75, 3.05) is 44.6 Å². The average molecular weight is 552 g/mol. The summed E-state index contributed by atoms with van der Waals surface area (Å²) < 4.78 is 10.7. The number of piperazine rings is 1. The largest absolute Gasteiger partial charge is 0.465 e. The van der Waals surface area contributed by atoms with E-state index in [0.717, 1.165) is 5.56 Å². The number of nitrogens with one attached hydrogen (secondary N) is 2. The van der Waals surface area contributed by atoms with E-state index < -0.39 is 6.10 Å². The Hall–Kier alpha value is -3.08. The summed E-state index contributed by atoms with van der Waals surface area (Å²) in [7, 11) is 0. The smallest absolute Gasteiger partial charge is 0.321 e. The molecule has 2 aromatic rings. The number of aromatic nitrogens is 1. The second-order valence-corrected chi connectivity index (χ2v) is 9.22. The predicted molar refractivity (Wildman–Crippen MR) is 141 cm³/mol. The van der Waals surface area contributed by atoms with E-state index in [0.29, 0.717) is 49.9 Å². The SMILES string of the molecule is CCOC(=O)CN1CCN(C(=O)Nc2cccc(CNC(=O)[C@@H](CC)Oc3ncc(Cl)cc3Cl)c2)CC1. The Labute approximate surface area is 226 Å². The molecule has 1 aliphatic heterocycles. The van der Waals surface area contributed by atoms with Gasteiger partial charge in [-0.1, -0.05) is 42.3 Å². The van der Waals surface area contributed by atoms with Crippen molar-refractivity contribution in [2.45, 2.75) is 32.9 Å². The van der Waals surface area contributed by atoms with E-state index >= 15 is 0 Å². The molecule has 1 atom stereocenters. The first-order valence-electron chi connectivity index (χ1n) is 12.1. The molecule has 0 bridgehead atoms. The van der Waals surface area contributed by atoms with Crippen LogP contribution in [-0.4, -0.2) is 78.1 Å². The van der Waals surface area contributed by atoms with Crippen LogP contribution in [0.1, 0.15) is 25.8 Å². The molecule has 1 aromatic carbocycles. The summed E-state index contributed by atoms with van der Waals surface area (Å²) in [5.74, 6) is -0.434. The molecule has 3 amide bonds. The number of halogens is 2. The lowest BCUT2D eigenvalue weighted by Crippen LogP contribution is -2.51. The highest BCUT2D eigenvalue weighted by atomic mass is 35.5.